The van der Waals surface area contributed by atoms with Crippen LogP contribution in [0.5, 0.6) is 0 Å². The van der Waals surface area contributed by atoms with Crippen molar-refractivity contribution in [1.29, 1.82) is 5.26 Å². The van der Waals surface area contributed by atoms with E-state index in [0.29, 0.717) is 16.1 Å². The summed E-state index contributed by atoms with van der Waals surface area (Å²) in [6, 6.07) is 7.51. The molecule has 4 heteroatoms. The number of aliphatic hydroxyl groups is 1. The molecular weight excluding hydrogens is 196 g/mol. The zero-order valence-corrected chi connectivity index (χ0v) is 8.14. The van der Waals surface area contributed by atoms with E-state index in [2.05, 4.69) is 6.07 Å². The molecule has 14 heavy (non-hydrogen) atoms. The highest BCUT2D eigenvalue weighted by molar-refractivity contribution is 7.19. The number of hydrogen-bond donors (Lipinski definition) is 2. The van der Waals surface area contributed by atoms with Gasteiger partial charge in [0.15, 0.2) is 0 Å². The normalized spacial score (nSPS) is 10.3. The molecule has 0 spiro atoms. The van der Waals surface area contributed by atoms with Crippen molar-refractivity contribution in [2.75, 3.05) is 5.73 Å². The number of benzene rings is 1. The summed E-state index contributed by atoms with van der Waals surface area (Å²) in [6.45, 7) is -0.0699. The number of aliphatic hydroxyl groups excluding tert-OH is 1. The Morgan fingerprint density at radius 1 is 1.43 bits per heavy atom. The lowest BCUT2D eigenvalue weighted by Gasteiger charge is -2.01. The van der Waals surface area contributed by atoms with Crippen molar-refractivity contribution in [2.24, 2.45) is 0 Å². The summed E-state index contributed by atoms with van der Waals surface area (Å²) < 4.78 is 0.983. The van der Waals surface area contributed by atoms with E-state index in [0.717, 1.165) is 10.1 Å². The van der Waals surface area contributed by atoms with Crippen molar-refractivity contribution in [3.63, 3.8) is 0 Å². The van der Waals surface area contributed by atoms with Gasteiger partial charge in [0.2, 0.25) is 0 Å². The summed E-state index contributed by atoms with van der Waals surface area (Å²) in [5.74, 6) is 0. The number of anilines is 1. The molecule has 1 heterocycles. The highest BCUT2D eigenvalue weighted by Gasteiger charge is 2.05. The fraction of sp³-hybridized carbons (Fsp3) is 0.100. The lowest BCUT2D eigenvalue weighted by molar-refractivity contribution is 0.282. The second kappa shape index (κ2) is 3.29. The van der Waals surface area contributed by atoms with Crippen LogP contribution in [0.25, 0.3) is 10.1 Å². The van der Waals surface area contributed by atoms with E-state index in [1.54, 1.807) is 12.1 Å². The molecule has 0 radical (unpaired) electrons. The zero-order valence-electron chi connectivity index (χ0n) is 7.32. The number of nitrogen functional groups attached to an aromatic ring is 1. The van der Waals surface area contributed by atoms with Crippen LogP contribution in [0.3, 0.4) is 0 Å². The number of nitrogens with zero attached hydrogens (tertiary/aromatic N) is 1. The van der Waals surface area contributed by atoms with Gasteiger partial charge in [-0.05, 0) is 23.6 Å². The van der Waals surface area contributed by atoms with Gasteiger partial charge >= 0.3 is 0 Å². The topological polar surface area (TPSA) is 70.0 Å². The van der Waals surface area contributed by atoms with Crippen LogP contribution in [0.15, 0.2) is 18.2 Å². The maximum atomic E-state index is 9.00. The van der Waals surface area contributed by atoms with Crippen LogP contribution in [0.4, 0.5) is 5.69 Å². The summed E-state index contributed by atoms with van der Waals surface area (Å²) in [5.41, 5.74) is 7.00. The molecule has 0 unspecified atom stereocenters. The molecule has 2 aromatic rings. The Morgan fingerprint density at radius 2 is 2.21 bits per heavy atom. The molecule has 0 aliphatic heterocycles. The Morgan fingerprint density at radius 3 is 2.86 bits per heavy atom. The van der Waals surface area contributed by atoms with Gasteiger partial charge in [0.1, 0.15) is 10.9 Å². The largest absolute Gasteiger partial charge is 0.398 e. The molecular formula is C10H8N2OS. The summed E-state index contributed by atoms with van der Waals surface area (Å²) in [4.78, 5) is 0.662. The Balaban J connectivity index is 2.71. The van der Waals surface area contributed by atoms with Crippen LogP contribution in [0.2, 0.25) is 0 Å². The highest BCUT2D eigenvalue weighted by Crippen LogP contribution is 2.29. The number of hydrogen-bond acceptors (Lipinski definition) is 4. The first-order valence-electron chi connectivity index (χ1n) is 4.07. The quantitative estimate of drug-likeness (QED) is 0.696. The Bertz CT molecular complexity index is 525. The van der Waals surface area contributed by atoms with E-state index in [4.69, 9.17) is 16.1 Å². The maximum absolute atomic E-state index is 9.00. The second-order valence-electron chi connectivity index (χ2n) is 2.97. The predicted molar refractivity (Wildman–Crippen MR) is 56.9 cm³/mol. The Hall–Kier alpha value is -1.57. The van der Waals surface area contributed by atoms with Gasteiger partial charge in [-0.2, -0.15) is 5.26 Å². The number of rotatable bonds is 1. The van der Waals surface area contributed by atoms with Gasteiger partial charge in [-0.25, -0.2) is 0 Å². The smallest absolute Gasteiger partial charge is 0.110 e. The molecule has 0 saturated heterocycles. The van der Waals surface area contributed by atoms with Crippen LogP contribution in [-0.4, -0.2) is 5.11 Å². The molecule has 0 fully saturated rings. The Kier molecular flexibility index (Phi) is 2.12. The zero-order chi connectivity index (χ0) is 10.1. The maximum Gasteiger partial charge on any atom is 0.110 e. The molecule has 0 atom stereocenters. The first-order chi connectivity index (χ1) is 6.74. The van der Waals surface area contributed by atoms with Crippen LogP contribution in [-0.2, 0) is 6.61 Å². The van der Waals surface area contributed by atoms with Crippen LogP contribution < -0.4 is 5.73 Å². The van der Waals surface area contributed by atoms with Crippen molar-refractivity contribution in [3.8, 4) is 6.07 Å². The third-order valence-electron chi connectivity index (χ3n) is 2.06. The molecule has 0 aliphatic carbocycles. The van der Waals surface area contributed by atoms with Gasteiger partial charge in [-0.1, -0.05) is 0 Å². The number of nitrogens with two attached hydrogens (primary N) is 1. The number of thiophene rings is 1. The van der Waals surface area contributed by atoms with Gasteiger partial charge in [0, 0.05) is 16.0 Å². The average molecular weight is 204 g/mol. The van der Waals surface area contributed by atoms with E-state index in [-0.39, 0.29) is 6.61 Å². The molecule has 2 rings (SSSR count). The van der Waals surface area contributed by atoms with Gasteiger partial charge in [-0.15, -0.1) is 11.3 Å². The fourth-order valence-corrected chi connectivity index (χ4v) is 2.23. The van der Waals surface area contributed by atoms with Crippen molar-refractivity contribution in [2.45, 2.75) is 6.61 Å². The van der Waals surface area contributed by atoms with Crippen molar-refractivity contribution in [3.05, 3.63) is 28.6 Å². The minimum Gasteiger partial charge on any atom is -0.398 e. The van der Waals surface area contributed by atoms with Crippen LogP contribution >= 0.6 is 11.3 Å². The fourth-order valence-electron chi connectivity index (χ4n) is 1.34. The van der Waals surface area contributed by atoms with Crippen LogP contribution in [0.1, 0.15) is 10.4 Å². The van der Waals surface area contributed by atoms with Crippen molar-refractivity contribution < 1.29 is 5.11 Å². The van der Waals surface area contributed by atoms with Crippen molar-refractivity contribution >= 4 is 27.1 Å². The molecule has 1 aromatic heterocycles. The lowest BCUT2D eigenvalue weighted by Crippen LogP contribution is -1.92. The predicted octanol–water partition coefficient (Wildman–Crippen LogP) is 1.85. The van der Waals surface area contributed by atoms with Gasteiger partial charge in [-0.3, -0.25) is 0 Å². The highest BCUT2D eigenvalue weighted by atomic mass is 32.1. The molecule has 70 valence electrons. The van der Waals surface area contributed by atoms with E-state index in [1.807, 2.05) is 6.07 Å². The number of nitriles is 1. The third-order valence-corrected chi connectivity index (χ3v) is 3.06. The summed E-state index contributed by atoms with van der Waals surface area (Å²) in [6.07, 6.45) is 0. The standard InChI is InChI=1S/C10H8N2OS/c11-4-8-2-6-1-7(5-13)9(12)3-10(6)14-8/h1-3,13H,5,12H2. The monoisotopic (exact) mass is 204 g/mol. The molecule has 3 N–H and O–H groups in total. The average Bonchev–Trinajstić information content (AvgIpc) is 2.58. The first kappa shape index (κ1) is 9.00. The Labute approximate surface area is 85.0 Å². The van der Waals surface area contributed by atoms with Gasteiger partial charge in [0.05, 0.1) is 6.61 Å². The lowest BCUT2D eigenvalue weighted by atomic mass is 10.1. The molecule has 0 amide bonds. The van der Waals surface area contributed by atoms with E-state index >= 15 is 0 Å². The van der Waals surface area contributed by atoms with Gasteiger partial charge in [0.25, 0.3) is 0 Å². The first-order valence-corrected chi connectivity index (χ1v) is 4.89. The number of fused-ring (bicyclic) bond motifs is 1. The second-order valence-corrected chi connectivity index (χ2v) is 4.05. The minimum atomic E-state index is -0.0699. The third kappa shape index (κ3) is 1.33. The molecule has 3 nitrogen and oxygen atoms in total. The molecule has 0 saturated carbocycles. The van der Waals surface area contributed by atoms with E-state index < -0.39 is 0 Å². The SMILES string of the molecule is N#Cc1cc2cc(CO)c(N)cc2s1. The summed E-state index contributed by atoms with van der Waals surface area (Å²) >= 11 is 1.41. The minimum absolute atomic E-state index is 0.0699. The van der Waals surface area contributed by atoms with E-state index in [1.165, 1.54) is 11.3 Å². The molecule has 1 aromatic carbocycles. The molecule has 0 bridgehead atoms. The van der Waals surface area contributed by atoms with Crippen LogP contribution in [0, 0.1) is 11.3 Å². The summed E-state index contributed by atoms with van der Waals surface area (Å²) in [5, 5.41) is 18.7. The van der Waals surface area contributed by atoms with Gasteiger partial charge < -0.3 is 10.8 Å². The summed E-state index contributed by atoms with van der Waals surface area (Å²) in [7, 11) is 0. The molecule has 0 aliphatic rings. The van der Waals surface area contributed by atoms with E-state index in [9.17, 15) is 0 Å². The van der Waals surface area contributed by atoms with Crippen molar-refractivity contribution in [1.82, 2.24) is 0 Å².